The Balaban J connectivity index is 3.38. The minimum absolute atomic E-state index is 0.00437. The number of rotatable bonds is 13. The highest BCUT2D eigenvalue weighted by atomic mass is 16.6. The first-order chi connectivity index (χ1) is 17.3. The van der Waals surface area contributed by atoms with Gasteiger partial charge < -0.3 is 30.7 Å². The molecular weight excluding hydrogens is 480 g/mol. The van der Waals surface area contributed by atoms with Crippen molar-refractivity contribution in [2.75, 3.05) is 13.2 Å². The molecule has 0 heterocycles. The fourth-order valence-corrected chi connectivity index (χ4v) is 3.52. The van der Waals surface area contributed by atoms with Crippen LogP contribution < -0.4 is 16.4 Å². The van der Waals surface area contributed by atoms with E-state index < -0.39 is 59.9 Å². The van der Waals surface area contributed by atoms with Gasteiger partial charge in [0.1, 0.15) is 17.7 Å². The Morgan fingerprint density at radius 1 is 1.05 bits per heavy atom. The Morgan fingerprint density at radius 3 is 2.19 bits per heavy atom. The summed E-state index contributed by atoms with van der Waals surface area (Å²) < 4.78 is 10.2. The lowest BCUT2D eigenvalue weighted by atomic mass is 9.99. The molecule has 0 saturated carbocycles. The molecule has 0 aliphatic carbocycles. The highest BCUT2D eigenvalue weighted by Crippen LogP contribution is 2.26. The molecule has 4 N–H and O–H groups in total. The molecule has 0 aromatic heterocycles. The minimum Gasteiger partial charge on any atom is -0.466 e. The van der Waals surface area contributed by atoms with Gasteiger partial charge in [-0.1, -0.05) is 37.3 Å². The van der Waals surface area contributed by atoms with E-state index in [0.717, 1.165) is 0 Å². The lowest BCUT2D eigenvalue weighted by Gasteiger charge is -2.38. The zero-order valence-corrected chi connectivity index (χ0v) is 22.5. The fraction of sp³-hybridized carbons (Fsp3) is 0.577. The van der Waals surface area contributed by atoms with Gasteiger partial charge in [-0.05, 0) is 46.6 Å². The number of carbonyl (C=O) groups excluding carboxylic acids is 5. The minimum atomic E-state index is -1.36. The maximum Gasteiger partial charge on any atom is 0.408 e. The van der Waals surface area contributed by atoms with Crippen molar-refractivity contribution in [3.8, 4) is 0 Å². The Labute approximate surface area is 218 Å². The SMILES string of the molecule is CCOC(=O)CCNC(=O)C(c1ccccc1)N(C(=O)C(CC(N)=O)NC(=O)OC(C)(C)C)C(C)CC. The van der Waals surface area contributed by atoms with Crippen LogP contribution in [-0.4, -0.2) is 65.5 Å². The zero-order chi connectivity index (χ0) is 28.2. The number of benzene rings is 1. The molecule has 4 amide bonds. The average molecular weight is 521 g/mol. The van der Waals surface area contributed by atoms with Crippen LogP contribution in [0.15, 0.2) is 30.3 Å². The second-order valence-corrected chi connectivity index (χ2v) is 9.53. The van der Waals surface area contributed by atoms with Crippen molar-refractivity contribution in [1.82, 2.24) is 15.5 Å². The molecular formula is C26H40N4O7. The molecule has 1 aromatic rings. The van der Waals surface area contributed by atoms with Gasteiger partial charge in [0.25, 0.3) is 0 Å². The van der Waals surface area contributed by atoms with Crippen molar-refractivity contribution < 1.29 is 33.4 Å². The number of amides is 4. The third kappa shape index (κ3) is 10.9. The maximum atomic E-state index is 13.9. The summed E-state index contributed by atoms with van der Waals surface area (Å²) >= 11 is 0. The molecule has 0 saturated heterocycles. The van der Waals surface area contributed by atoms with E-state index in [-0.39, 0.29) is 19.6 Å². The molecule has 3 unspecified atom stereocenters. The van der Waals surface area contributed by atoms with Gasteiger partial charge in [0, 0.05) is 12.6 Å². The summed E-state index contributed by atoms with van der Waals surface area (Å²) in [6.07, 6.45) is -0.952. The number of alkyl carbamates (subject to hydrolysis) is 1. The summed E-state index contributed by atoms with van der Waals surface area (Å²) in [4.78, 5) is 64.6. The number of hydrogen-bond acceptors (Lipinski definition) is 7. The lowest BCUT2D eigenvalue weighted by Crippen LogP contribution is -2.56. The van der Waals surface area contributed by atoms with E-state index in [9.17, 15) is 24.0 Å². The van der Waals surface area contributed by atoms with Gasteiger partial charge in [-0.15, -0.1) is 0 Å². The first-order valence-electron chi connectivity index (χ1n) is 12.4. The van der Waals surface area contributed by atoms with Crippen LogP contribution in [0.2, 0.25) is 0 Å². The van der Waals surface area contributed by atoms with Gasteiger partial charge in [0.15, 0.2) is 0 Å². The number of hydrogen-bond donors (Lipinski definition) is 3. The van der Waals surface area contributed by atoms with Crippen LogP contribution in [0.5, 0.6) is 0 Å². The number of esters is 1. The van der Waals surface area contributed by atoms with Crippen LogP contribution in [0.4, 0.5) is 4.79 Å². The van der Waals surface area contributed by atoms with Crippen molar-refractivity contribution in [3.05, 3.63) is 35.9 Å². The fourth-order valence-electron chi connectivity index (χ4n) is 3.52. The zero-order valence-electron chi connectivity index (χ0n) is 22.5. The smallest absolute Gasteiger partial charge is 0.408 e. The Morgan fingerprint density at radius 2 is 1.68 bits per heavy atom. The predicted molar refractivity (Wildman–Crippen MR) is 137 cm³/mol. The van der Waals surface area contributed by atoms with E-state index in [2.05, 4.69) is 10.6 Å². The molecule has 37 heavy (non-hydrogen) atoms. The lowest BCUT2D eigenvalue weighted by molar-refractivity contribution is -0.146. The second kappa shape index (κ2) is 14.8. The maximum absolute atomic E-state index is 13.9. The molecule has 0 spiro atoms. The van der Waals surface area contributed by atoms with Gasteiger partial charge >= 0.3 is 12.1 Å². The van der Waals surface area contributed by atoms with Crippen molar-refractivity contribution in [2.45, 2.75) is 84.5 Å². The highest BCUT2D eigenvalue weighted by molar-refractivity contribution is 5.94. The Kier molecular flexibility index (Phi) is 12.6. The van der Waals surface area contributed by atoms with E-state index in [0.29, 0.717) is 12.0 Å². The molecule has 1 aromatic carbocycles. The number of nitrogens with two attached hydrogens (primary N) is 1. The summed E-state index contributed by atoms with van der Waals surface area (Å²) in [6, 6.07) is 5.69. The first kappa shape index (κ1) is 31.4. The van der Waals surface area contributed by atoms with Crippen LogP contribution in [0.25, 0.3) is 0 Å². The summed E-state index contributed by atoms with van der Waals surface area (Å²) in [5.74, 6) is -2.47. The molecule has 0 aliphatic rings. The molecule has 0 aliphatic heterocycles. The quantitative estimate of drug-likeness (QED) is 0.336. The van der Waals surface area contributed by atoms with Gasteiger partial charge in [-0.3, -0.25) is 19.2 Å². The topological polar surface area (TPSA) is 157 Å². The number of primary amides is 1. The summed E-state index contributed by atoms with van der Waals surface area (Å²) in [7, 11) is 0. The number of ether oxygens (including phenoxy) is 2. The third-order valence-corrected chi connectivity index (χ3v) is 5.29. The molecule has 1 rings (SSSR count). The summed E-state index contributed by atoms with van der Waals surface area (Å²) in [6.45, 7) is 10.5. The van der Waals surface area contributed by atoms with Crippen molar-refractivity contribution >= 4 is 29.8 Å². The van der Waals surface area contributed by atoms with Gasteiger partial charge in [-0.2, -0.15) is 0 Å². The third-order valence-electron chi connectivity index (χ3n) is 5.29. The highest BCUT2D eigenvalue weighted by Gasteiger charge is 2.39. The average Bonchev–Trinajstić information content (AvgIpc) is 2.80. The molecule has 3 atom stereocenters. The van der Waals surface area contributed by atoms with Gasteiger partial charge in [-0.25, -0.2) is 4.79 Å². The van der Waals surface area contributed by atoms with Gasteiger partial charge in [0.05, 0.1) is 19.4 Å². The van der Waals surface area contributed by atoms with Crippen molar-refractivity contribution in [1.29, 1.82) is 0 Å². The predicted octanol–water partition coefficient (Wildman–Crippen LogP) is 2.19. The Bertz CT molecular complexity index is 931. The van der Waals surface area contributed by atoms with Crippen LogP contribution in [0, 0.1) is 0 Å². The number of nitrogens with zero attached hydrogens (tertiary/aromatic N) is 1. The van der Waals surface area contributed by atoms with Crippen molar-refractivity contribution in [3.63, 3.8) is 0 Å². The number of nitrogens with one attached hydrogen (secondary N) is 2. The van der Waals surface area contributed by atoms with E-state index >= 15 is 0 Å². The second-order valence-electron chi connectivity index (χ2n) is 9.53. The Hall–Kier alpha value is -3.63. The molecule has 0 bridgehead atoms. The molecule has 0 radical (unpaired) electrons. The monoisotopic (exact) mass is 520 g/mol. The standard InChI is InChI=1S/C26H40N4O7/c1-7-17(3)30(24(34)19(16-20(27)31)29-25(35)37-26(4,5)6)22(18-12-10-9-11-13-18)23(33)28-15-14-21(32)36-8-2/h9-13,17,19,22H,7-8,14-16H2,1-6H3,(H2,27,31)(H,28,33)(H,29,35). The molecule has 206 valence electrons. The summed E-state index contributed by atoms with van der Waals surface area (Å²) in [5, 5.41) is 5.13. The van der Waals surface area contributed by atoms with E-state index in [4.69, 9.17) is 15.2 Å². The van der Waals surface area contributed by atoms with E-state index in [1.165, 1.54) is 4.90 Å². The van der Waals surface area contributed by atoms with Crippen LogP contribution >= 0.6 is 0 Å². The van der Waals surface area contributed by atoms with Crippen LogP contribution in [0.3, 0.4) is 0 Å². The molecule has 11 nitrogen and oxygen atoms in total. The van der Waals surface area contributed by atoms with E-state index in [1.54, 1.807) is 65.0 Å². The van der Waals surface area contributed by atoms with Crippen molar-refractivity contribution in [2.24, 2.45) is 5.73 Å². The molecule has 0 fully saturated rings. The summed E-state index contributed by atoms with van der Waals surface area (Å²) in [5.41, 5.74) is 5.06. The van der Waals surface area contributed by atoms with Crippen LogP contribution in [0.1, 0.15) is 72.4 Å². The molecule has 11 heteroatoms. The normalized spacial score (nSPS) is 13.5. The van der Waals surface area contributed by atoms with E-state index in [1.807, 2.05) is 6.92 Å². The van der Waals surface area contributed by atoms with Crippen LogP contribution in [-0.2, 0) is 28.7 Å². The van der Waals surface area contributed by atoms with Gasteiger partial charge in [0.2, 0.25) is 17.7 Å². The first-order valence-corrected chi connectivity index (χ1v) is 12.4. The number of carbonyl (C=O) groups is 5. The largest absolute Gasteiger partial charge is 0.466 e.